The van der Waals surface area contributed by atoms with Crippen molar-refractivity contribution in [2.45, 2.75) is 33.1 Å². The van der Waals surface area contributed by atoms with Crippen LogP contribution in [0.2, 0.25) is 0 Å². The van der Waals surface area contributed by atoms with Gasteiger partial charge in [-0.25, -0.2) is 0 Å². The molecule has 8 nitrogen and oxygen atoms in total. The number of carbonyl (C=O) groups excluding carboxylic acids is 2. The van der Waals surface area contributed by atoms with Crippen LogP contribution >= 0.6 is 0 Å². The van der Waals surface area contributed by atoms with Gasteiger partial charge in [0, 0.05) is 28.2 Å². The maximum atomic E-state index is 11.5. The summed E-state index contributed by atoms with van der Waals surface area (Å²) in [7, 11) is 0. The van der Waals surface area contributed by atoms with Crippen molar-refractivity contribution in [2.24, 2.45) is 0 Å². The summed E-state index contributed by atoms with van der Waals surface area (Å²) < 4.78 is 2.92. The fourth-order valence-electron chi connectivity index (χ4n) is 3.06. The van der Waals surface area contributed by atoms with Crippen molar-refractivity contribution < 1.29 is 30.7 Å². The van der Waals surface area contributed by atoms with E-state index in [-0.39, 0.29) is 32.6 Å². The number of hydrogen-bond acceptors (Lipinski definition) is 6. The Bertz CT molecular complexity index is 1190. The molecule has 0 atom stereocenters. The third-order valence-electron chi connectivity index (χ3n) is 4.97. The Hall–Kier alpha value is -3.25. The summed E-state index contributed by atoms with van der Waals surface area (Å²) in [6, 6.07) is 14.3. The van der Waals surface area contributed by atoms with Crippen LogP contribution < -0.4 is 0 Å². The average Bonchev–Trinajstić information content (AvgIpc) is 3.44. The Kier molecular flexibility index (Phi) is 6.65. The van der Waals surface area contributed by atoms with E-state index >= 15 is 0 Å². The molecule has 0 amide bonds. The summed E-state index contributed by atoms with van der Waals surface area (Å²) in [5.74, 6) is 0.855. The van der Waals surface area contributed by atoms with E-state index in [1.165, 1.54) is 23.2 Å². The predicted octanol–water partition coefficient (Wildman–Crippen LogP) is 3.18. The number of rotatable bonds is 6. The third kappa shape index (κ3) is 4.50. The van der Waals surface area contributed by atoms with Crippen molar-refractivity contribution in [3.8, 4) is 11.6 Å². The summed E-state index contributed by atoms with van der Waals surface area (Å²) in [5, 5.41) is 8.47. The number of pyridine rings is 2. The van der Waals surface area contributed by atoms with Gasteiger partial charge in [-0.15, -0.1) is 12.1 Å². The molecule has 4 aromatic heterocycles. The molecular weight excluding hydrogens is 587 g/mol. The monoisotopic (exact) mass is 607 g/mol. The number of nitrogens with zero attached hydrogens (tertiary/aromatic N) is 6. The number of ketones is 2. The number of Topliss-reactive ketones (excluding diaryl/α,β-unsaturated/α-hetero) is 2. The quantitative estimate of drug-likeness (QED) is 0.247. The standard InChI is InChI=1S/C23H20N6O2.Pt/c1-15(30)17-11-13-28(26-17)21-9-5-7-19(24-21)23(3,4)20-8-6-10-22(25-20)29-14-12-18(27-29)16(2)31;/h5-12H,1-4H3;/q-2;+2. The van der Waals surface area contributed by atoms with E-state index in [0.29, 0.717) is 23.0 Å². The second-order valence-electron chi connectivity index (χ2n) is 7.64. The van der Waals surface area contributed by atoms with Crippen LogP contribution in [0.3, 0.4) is 0 Å². The van der Waals surface area contributed by atoms with Crippen molar-refractivity contribution in [1.29, 1.82) is 0 Å². The second-order valence-corrected chi connectivity index (χ2v) is 7.64. The van der Waals surface area contributed by atoms with Gasteiger partial charge in [0.1, 0.15) is 11.6 Å². The van der Waals surface area contributed by atoms with Crippen LogP contribution in [0, 0.1) is 12.4 Å². The number of carbonyl (C=O) groups is 2. The summed E-state index contributed by atoms with van der Waals surface area (Å²) in [5.41, 5.74) is 1.68. The fraction of sp³-hybridized carbons (Fsp3) is 0.217. The Balaban J connectivity index is 0.00000289. The van der Waals surface area contributed by atoms with Gasteiger partial charge in [0.25, 0.3) is 0 Å². The van der Waals surface area contributed by atoms with Gasteiger partial charge in [-0.2, -0.15) is 0 Å². The number of hydrogen-bond donors (Lipinski definition) is 0. The summed E-state index contributed by atoms with van der Waals surface area (Å²) in [6.45, 7) is 6.96. The Morgan fingerprint density at radius 1 is 0.781 bits per heavy atom. The first-order chi connectivity index (χ1) is 14.8. The van der Waals surface area contributed by atoms with Gasteiger partial charge in [-0.3, -0.25) is 20.2 Å². The molecule has 0 bridgehead atoms. The molecule has 0 fully saturated rings. The van der Waals surface area contributed by atoms with Gasteiger partial charge in [-0.1, -0.05) is 36.7 Å². The van der Waals surface area contributed by atoms with Crippen LogP contribution in [0.5, 0.6) is 0 Å². The normalized spacial score (nSPS) is 11.1. The molecule has 0 N–H and O–H groups in total. The molecule has 0 saturated heterocycles. The molecule has 0 radical (unpaired) electrons. The van der Waals surface area contributed by atoms with Gasteiger partial charge >= 0.3 is 21.1 Å². The molecular formula is C23H20N6O2Pt. The maximum absolute atomic E-state index is 11.5. The molecule has 0 aliphatic carbocycles. The molecule has 0 aliphatic heterocycles. The van der Waals surface area contributed by atoms with Gasteiger partial charge in [0.2, 0.25) is 0 Å². The zero-order valence-corrected chi connectivity index (χ0v) is 20.2. The van der Waals surface area contributed by atoms with Crippen molar-refractivity contribution in [2.75, 3.05) is 0 Å². The van der Waals surface area contributed by atoms with Crippen LogP contribution in [0.15, 0.2) is 48.5 Å². The molecule has 4 heterocycles. The summed E-state index contributed by atoms with van der Waals surface area (Å²) in [6.07, 6.45) is 5.85. The molecule has 4 rings (SSSR count). The van der Waals surface area contributed by atoms with E-state index in [1.807, 2.05) is 38.1 Å². The minimum atomic E-state index is -0.543. The van der Waals surface area contributed by atoms with Crippen LogP contribution in [-0.2, 0) is 26.5 Å². The summed E-state index contributed by atoms with van der Waals surface area (Å²) in [4.78, 5) is 32.5. The van der Waals surface area contributed by atoms with E-state index in [2.05, 4.69) is 22.6 Å². The van der Waals surface area contributed by atoms with Gasteiger partial charge in [0.15, 0.2) is 0 Å². The van der Waals surface area contributed by atoms with Crippen molar-refractivity contribution in [1.82, 2.24) is 29.5 Å². The first kappa shape index (κ1) is 23.4. The fourth-order valence-corrected chi connectivity index (χ4v) is 3.06. The minimum absolute atomic E-state index is 0. The van der Waals surface area contributed by atoms with E-state index < -0.39 is 5.41 Å². The number of aromatic nitrogens is 6. The van der Waals surface area contributed by atoms with Crippen LogP contribution in [0.1, 0.15) is 60.1 Å². The topological polar surface area (TPSA) is 95.6 Å². The van der Waals surface area contributed by atoms with Crippen LogP contribution in [0.4, 0.5) is 0 Å². The van der Waals surface area contributed by atoms with E-state index in [9.17, 15) is 9.59 Å². The van der Waals surface area contributed by atoms with Crippen LogP contribution in [-0.4, -0.2) is 41.1 Å². The molecule has 0 aliphatic rings. The first-order valence-corrected chi connectivity index (χ1v) is 9.69. The minimum Gasteiger partial charge on any atom is -0.343 e. The molecule has 0 saturated carbocycles. The zero-order valence-electron chi connectivity index (χ0n) is 17.9. The Morgan fingerprint density at radius 3 is 1.53 bits per heavy atom. The van der Waals surface area contributed by atoms with Crippen molar-refractivity contribution >= 4 is 11.6 Å². The van der Waals surface area contributed by atoms with Crippen molar-refractivity contribution in [3.05, 3.63) is 83.7 Å². The molecule has 9 heteroatoms. The first-order valence-electron chi connectivity index (χ1n) is 9.69. The van der Waals surface area contributed by atoms with Gasteiger partial charge in [-0.05, 0) is 39.8 Å². The summed E-state index contributed by atoms with van der Waals surface area (Å²) >= 11 is 0. The SMILES string of the molecule is CC(=O)c1c[c-]n(-c2cccc(C(C)(C)c3cccc(-n4[c-]cc(C(C)=O)n4)n3)n2)n1.[Pt+2]. The van der Waals surface area contributed by atoms with Crippen LogP contribution in [0.25, 0.3) is 11.6 Å². The Morgan fingerprint density at radius 2 is 1.19 bits per heavy atom. The average molecular weight is 608 g/mol. The van der Waals surface area contributed by atoms with E-state index in [4.69, 9.17) is 9.97 Å². The largest absolute Gasteiger partial charge is 2.00 e. The van der Waals surface area contributed by atoms with Crippen molar-refractivity contribution in [3.63, 3.8) is 0 Å². The van der Waals surface area contributed by atoms with E-state index in [0.717, 1.165) is 11.4 Å². The Labute approximate surface area is 200 Å². The predicted molar refractivity (Wildman–Crippen MR) is 113 cm³/mol. The molecule has 4 aromatic rings. The maximum Gasteiger partial charge on any atom is 2.00 e. The second kappa shape index (κ2) is 9.08. The molecule has 32 heavy (non-hydrogen) atoms. The third-order valence-corrected chi connectivity index (χ3v) is 4.97. The van der Waals surface area contributed by atoms with E-state index in [1.54, 1.807) is 24.3 Å². The molecule has 164 valence electrons. The zero-order chi connectivity index (χ0) is 22.2. The van der Waals surface area contributed by atoms with Gasteiger partial charge < -0.3 is 19.0 Å². The molecule has 0 aromatic carbocycles. The molecule has 0 spiro atoms. The smallest absolute Gasteiger partial charge is 0.343 e. The molecule has 0 unspecified atom stereocenters. The van der Waals surface area contributed by atoms with Gasteiger partial charge in [0.05, 0.1) is 11.6 Å².